The number of amides is 2. The molecule has 0 radical (unpaired) electrons. The first-order valence-corrected chi connectivity index (χ1v) is 10.5. The number of ether oxygens (including phenoxy) is 2. The maximum Gasteiger partial charge on any atom is 0.305 e. The minimum atomic E-state index is -1.10. The van der Waals surface area contributed by atoms with Gasteiger partial charge in [0.2, 0.25) is 0 Å². The topological polar surface area (TPSA) is 93.1 Å². The summed E-state index contributed by atoms with van der Waals surface area (Å²) >= 11 is 0. The number of carboxylic acids is 1. The standard InChI is InChI=1S/C24H25NO6/c1-30-20-12-11-15(13-21(20)31-16-7-3-2-4-8-16)19(14-22(26)27)25-23(28)17-9-5-6-10-18(17)24(25)29/h5-6,9-13,16,19H,2-4,7-8,14H2,1H3,(H,26,27). The van der Waals surface area contributed by atoms with E-state index in [9.17, 15) is 19.5 Å². The van der Waals surface area contributed by atoms with E-state index in [2.05, 4.69) is 0 Å². The van der Waals surface area contributed by atoms with Crippen LogP contribution in [0.15, 0.2) is 42.5 Å². The first kappa shape index (κ1) is 20.9. The summed E-state index contributed by atoms with van der Waals surface area (Å²) in [6.45, 7) is 0. The number of hydrogen-bond donors (Lipinski definition) is 1. The molecule has 0 bridgehead atoms. The Hall–Kier alpha value is -3.35. The number of nitrogens with zero attached hydrogens (tertiary/aromatic N) is 1. The molecular weight excluding hydrogens is 398 g/mol. The van der Waals surface area contributed by atoms with Gasteiger partial charge in [0.1, 0.15) is 0 Å². The second-order valence-electron chi connectivity index (χ2n) is 7.93. The number of carbonyl (C=O) groups is 3. The molecule has 2 aromatic carbocycles. The smallest absolute Gasteiger partial charge is 0.305 e. The highest BCUT2D eigenvalue weighted by atomic mass is 16.5. The second-order valence-corrected chi connectivity index (χ2v) is 7.93. The summed E-state index contributed by atoms with van der Waals surface area (Å²) in [4.78, 5) is 38.7. The van der Waals surface area contributed by atoms with Crippen LogP contribution in [0.2, 0.25) is 0 Å². The van der Waals surface area contributed by atoms with E-state index in [-0.39, 0.29) is 17.2 Å². The molecule has 7 nitrogen and oxygen atoms in total. The van der Waals surface area contributed by atoms with E-state index in [1.54, 1.807) is 49.6 Å². The first-order chi connectivity index (χ1) is 15.0. The lowest BCUT2D eigenvalue weighted by molar-refractivity contribution is -0.138. The van der Waals surface area contributed by atoms with Crippen LogP contribution in [-0.4, -0.2) is 41.0 Å². The van der Waals surface area contributed by atoms with Gasteiger partial charge in [-0.25, -0.2) is 0 Å². The normalized spacial score (nSPS) is 17.4. The van der Waals surface area contributed by atoms with Gasteiger partial charge in [-0.05, 0) is 55.5 Å². The van der Waals surface area contributed by atoms with E-state index in [1.807, 2.05) is 0 Å². The molecule has 4 rings (SSSR count). The van der Waals surface area contributed by atoms with Gasteiger partial charge < -0.3 is 14.6 Å². The zero-order valence-corrected chi connectivity index (χ0v) is 17.4. The lowest BCUT2D eigenvalue weighted by atomic mass is 9.97. The highest BCUT2D eigenvalue weighted by Crippen LogP contribution is 2.38. The average molecular weight is 423 g/mol. The molecule has 1 atom stereocenters. The van der Waals surface area contributed by atoms with Gasteiger partial charge in [0, 0.05) is 0 Å². The highest BCUT2D eigenvalue weighted by Gasteiger charge is 2.41. The summed E-state index contributed by atoms with van der Waals surface area (Å²) in [5.41, 5.74) is 1.09. The number of hydrogen-bond acceptors (Lipinski definition) is 5. The summed E-state index contributed by atoms with van der Waals surface area (Å²) in [7, 11) is 1.54. The van der Waals surface area contributed by atoms with Crippen molar-refractivity contribution >= 4 is 17.8 Å². The van der Waals surface area contributed by atoms with E-state index in [0.29, 0.717) is 17.1 Å². The van der Waals surface area contributed by atoms with Crippen molar-refractivity contribution in [2.24, 2.45) is 0 Å². The van der Waals surface area contributed by atoms with Gasteiger partial charge >= 0.3 is 5.97 Å². The zero-order valence-electron chi connectivity index (χ0n) is 17.4. The van der Waals surface area contributed by atoms with Gasteiger partial charge in [0.25, 0.3) is 11.8 Å². The molecule has 1 aliphatic carbocycles. The van der Waals surface area contributed by atoms with E-state index < -0.39 is 30.2 Å². The molecule has 1 heterocycles. The van der Waals surface area contributed by atoms with E-state index >= 15 is 0 Å². The summed E-state index contributed by atoms with van der Waals surface area (Å²) < 4.78 is 11.6. The van der Waals surface area contributed by atoms with Crippen LogP contribution in [0.5, 0.6) is 11.5 Å². The van der Waals surface area contributed by atoms with Crippen LogP contribution in [0, 0.1) is 0 Å². The summed E-state index contributed by atoms with van der Waals surface area (Å²) in [5, 5.41) is 9.52. The third kappa shape index (κ3) is 4.13. The monoisotopic (exact) mass is 423 g/mol. The van der Waals surface area contributed by atoms with Gasteiger partial charge in [-0.2, -0.15) is 0 Å². The van der Waals surface area contributed by atoms with Gasteiger partial charge in [0.05, 0.1) is 36.8 Å². The maximum atomic E-state index is 13.0. The SMILES string of the molecule is COc1ccc(C(CC(=O)O)N2C(=O)c3ccccc3C2=O)cc1OC1CCCCC1. The van der Waals surface area contributed by atoms with Crippen LogP contribution in [-0.2, 0) is 4.79 Å². The maximum absolute atomic E-state index is 13.0. The average Bonchev–Trinajstić information content (AvgIpc) is 3.03. The molecule has 2 aromatic rings. The minimum absolute atomic E-state index is 0.0649. The van der Waals surface area contributed by atoms with Gasteiger partial charge in [0.15, 0.2) is 11.5 Å². The Balaban J connectivity index is 1.70. The van der Waals surface area contributed by atoms with Crippen molar-refractivity contribution in [3.05, 3.63) is 59.2 Å². The van der Waals surface area contributed by atoms with Gasteiger partial charge in [-0.1, -0.05) is 24.6 Å². The first-order valence-electron chi connectivity index (χ1n) is 10.5. The number of benzene rings is 2. The lowest BCUT2D eigenvalue weighted by Gasteiger charge is -2.27. The lowest BCUT2D eigenvalue weighted by Crippen LogP contribution is -2.35. The molecule has 1 saturated carbocycles. The number of carbonyl (C=O) groups excluding carboxylic acids is 2. The van der Waals surface area contributed by atoms with Crippen LogP contribution in [0.1, 0.15) is 70.8 Å². The molecule has 0 aromatic heterocycles. The third-order valence-electron chi connectivity index (χ3n) is 5.92. The predicted molar refractivity (Wildman–Crippen MR) is 112 cm³/mol. The largest absolute Gasteiger partial charge is 0.493 e. The molecular formula is C24H25NO6. The fraction of sp³-hybridized carbons (Fsp3) is 0.375. The molecule has 2 amide bonds. The number of imide groups is 1. The van der Waals surface area contributed by atoms with Crippen LogP contribution < -0.4 is 9.47 Å². The number of carboxylic acid groups (broad SMARTS) is 1. The Morgan fingerprint density at radius 2 is 1.68 bits per heavy atom. The molecule has 1 N–H and O–H groups in total. The van der Waals surface area contributed by atoms with Crippen molar-refractivity contribution in [1.82, 2.24) is 4.90 Å². The molecule has 31 heavy (non-hydrogen) atoms. The van der Waals surface area contributed by atoms with Crippen molar-refractivity contribution in [2.75, 3.05) is 7.11 Å². The van der Waals surface area contributed by atoms with Crippen LogP contribution in [0.3, 0.4) is 0 Å². The summed E-state index contributed by atoms with van der Waals surface area (Å²) in [6.07, 6.45) is 4.95. The van der Waals surface area contributed by atoms with Crippen molar-refractivity contribution in [1.29, 1.82) is 0 Å². The molecule has 1 fully saturated rings. The summed E-state index contributed by atoms with van der Waals surface area (Å²) in [6, 6.07) is 10.7. The minimum Gasteiger partial charge on any atom is -0.493 e. The van der Waals surface area contributed by atoms with Crippen molar-refractivity contribution in [3.63, 3.8) is 0 Å². The molecule has 0 spiro atoms. The Labute approximate surface area is 180 Å². The number of aliphatic carboxylic acids is 1. The highest BCUT2D eigenvalue weighted by molar-refractivity contribution is 6.21. The molecule has 1 unspecified atom stereocenters. The molecule has 162 valence electrons. The number of fused-ring (bicyclic) bond motifs is 1. The van der Waals surface area contributed by atoms with E-state index in [4.69, 9.17) is 9.47 Å². The van der Waals surface area contributed by atoms with Crippen LogP contribution in [0.4, 0.5) is 0 Å². The predicted octanol–water partition coefficient (Wildman–Crippen LogP) is 4.22. The molecule has 0 saturated heterocycles. The van der Waals surface area contributed by atoms with E-state index in [0.717, 1.165) is 30.6 Å². The second kappa shape index (κ2) is 8.79. The molecule has 1 aliphatic heterocycles. The zero-order chi connectivity index (χ0) is 22.0. The van der Waals surface area contributed by atoms with E-state index in [1.165, 1.54) is 6.42 Å². The fourth-order valence-corrected chi connectivity index (χ4v) is 4.37. The summed E-state index contributed by atoms with van der Waals surface area (Å²) in [5.74, 6) is -1.05. The Bertz CT molecular complexity index is 976. The van der Waals surface area contributed by atoms with Gasteiger partial charge in [-0.15, -0.1) is 0 Å². The fourth-order valence-electron chi connectivity index (χ4n) is 4.37. The van der Waals surface area contributed by atoms with Crippen molar-refractivity contribution < 1.29 is 29.0 Å². The number of rotatable bonds is 7. The number of methoxy groups -OCH3 is 1. The molecule has 7 heteroatoms. The van der Waals surface area contributed by atoms with Crippen molar-refractivity contribution in [3.8, 4) is 11.5 Å². The van der Waals surface area contributed by atoms with Crippen LogP contribution >= 0.6 is 0 Å². The third-order valence-corrected chi connectivity index (χ3v) is 5.92. The Kier molecular flexibility index (Phi) is 5.93. The van der Waals surface area contributed by atoms with Crippen molar-refractivity contribution in [2.45, 2.75) is 50.7 Å². The van der Waals surface area contributed by atoms with Crippen LogP contribution in [0.25, 0.3) is 0 Å². The molecule has 2 aliphatic rings. The van der Waals surface area contributed by atoms with Gasteiger partial charge in [-0.3, -0.25) is 19.3 Å². The Morgan fingerprint density at radius 1 is 1.03 bits per heavy atom. The quantitative estimate of drug-likeness (QED) is 0.671. The Morgan fingerprint density at radius 3 is 2.26 bits per heavy atom.